The minimum absolute atomic E-state index is 0.114. The third-order valence-electron chi connectivity index (χ3n) is 3.49. The van der Waals surface area contributed by atoms with Gasteiger partial charge in [-0.3, -0.25) is 4.72 Å². The number of rotatable bonds is 8. The SMILES string of the molecule is N/C(=N\N(N)CC1CCCOC1)c1ccc(SNCCO)cc1. The lowest BCUT2D eigenvalue weighted by Gasteiger charge is -2.25. The molecular formula is C15H25N5O2S. The van der Waals surface area contributed by atoms with Gasteiger partial charge in [-0.25, -0.2) is 11.0 Å². The molecule has 6 N–H and O–H groups in total. The predicted octanol–water partition coefficient (Wildman–Crippen LogP) is 0.498. The number of benzene rings is 1. The summed E-state index contributed by atoms with van der Waals surface area (Å²) in [6, 6.07) is 7.70. The Kier molecular flexibility index (Phi) is 7.63. The molecule has 128 valence electrons. The topological polar surface area (TPSA) is 109 Å². The normalized spacial score (nSPS) is 18.9. The number of amidine groups is 1. The van der Waals surface area contributed by atoms with E-state index in [0.29, 0.717) is 24.8 Å². The first-order chi connectivity index (χ1) is 11.2. The van der Waals surface area contributed by atoms with Gasteiger partial charge in [-0.05, 0) is 36.9 Å². The quantitative estimate of drug-likeness (QED) is 0.136. The van der Waals surface area contributed by atoms with Crippen molar-refractivity contribution in [2.45, 2.75) is 17.7 Å². The fraction of sp³-hybridized carbons (Fsp3) is 0.533. The van der Waals surface area contributed by atoms with Gasteiger partial charge in [0, 0.05) is 29.5 Å². The van der Waals surface area contributed by atoms with Crippen LogP contribution in [0.4, 0.5) is 0 Å². The molecule has 23 heavy (non-hydrogen) atoms. The highest BCUT2D eigenvalue weighted by atomic mass is 32.2. The molecular weight excluding hydrogens is 314 g/mol. The van der Waals surface area contributed by atoms with Gasteiger partial charge in [-0.15, -0.1) is 5.10 Å². The Morgan fingerprint density at radius 2 is 2.22 bits per heavy atom. The van der Waals surface area contributed by atoms with Gasteiger partial charge in [0.1, 0.15) is 0 Å². The number of nitrogens with one attached hydrogen (secondary N) is 1. The van der Waals surface area contributed by atoms with Crippen LogP contribution in [0.5, 0.6) is 0 Å². The van der Waals surface area contributed by atoms with E-state index in [9.17, 15) is 0 Å². The lowest BCUT2D eigenvalue weighted by molar-refractivity contribution is 0.0388. The van der Waals surface area contributed by atoms with Crippen LogP contribution >= 0.6 is 11.9 Å². The van der Waals surface area contributed by atoms with Crippen LogP contribution < -0.4 is 16.3 Å². The highest BCUT2D eigenvalue weighted by Crippen LogP contribution is 2.16. The zero-order valence-corrected chi connectivity index (χ0v) is 14.0. The number of aliphatic hydroxyl groups excluding tert-OH is 1. The van der Waals surface area contributed by atoms with Crippen LogP contribution in [-0.4, -0.2) is 49.0 Å². The summed E-state index contributed by atoms with van der Waals surface area (Å²) in [5.74, 6) is 6.72. The van der Waals surface area contributed by atoms with Crippen molar-refractivity contribution < 1.29 is 9.84 Å². The second-order valence-electron chi connectivity index (χ2n) is 5.43. The summed E-state index contributed by atoms with van der Waals surface area (Å²) in [5, 5.41) is 14.4. The number of nitrogens with zero attached hydrogens (tertiary/aromatic N) is 2. The molecule has 2 rings (SSSR count). The monoisotopic (exact) mass is 339 g/mol. The number of hydrazine groups is 1. The number of nitrogens with two attached hydrogens (primary N) is 2. The van der Waals surface area contributed by atoms with Crippen LogP contribution in [-0.2, 0) is 4.74 Å². The molecule has 0 bridgehead atoms. The third kappa shape index (κ3) is 6.36. The van der Waals surface area contributed by atoms with E-state index >= 15 is 0 Å². The highest BCUT2D eigenvalue weighted by Gasteiger charge is 2.16. The zero-order chi connectivity index (χ0) is 16.5. The second-order valence-corrected chi connectivity index (χ2v) is 6.40. The van der Waals surface area contributed by atoms with Gasteiger partial charge in [-0.2, -0.15) is 0 Å². The molecule has 0 amide bonds. The van der Waals surface area contributed by atoms with Gasteiger partial charge in [0.25, 0.3) is 0 Å². The molecule has 7 nitrogen and oxygen atoms in total. The predicted molar refractivity (Wildman–Crippen MR) is 92.5 cm³/mol. The van der Waals surface area contributed by atoms with E-state index < -0.39 is 0 Å². The molecule has 1 fully saturated rings. The van der Waals surface area contributed by atoms with Gasteiger partial charge < -0.3 is 15.6 Å². The van der Waals surface area contributed by atoms with E-state index in [1.807, 2.05) is 24.3 Å². The summed E-state index contributed by atoms with van der Waals surface area (Å²) in [4.78, 5) is 1.04. The minimum Gasteiger partial charge on any atom is -0.395 e. The number of hydrazone groups is 1. The fourth-order valence-corrected chi connectivity index (χ4v) is 2.96. The third-order valence-corrected chi connectivity index (χ3v) is 4.35. The first-order valence-corrected chi connectivity index (χ1v) is 8.55. The lowest BCUT2D eigenvalue weighted by Crippen LogP contribution is -2.36. The second kappa shape index (κ2) is 9.74. The van der Waals surface area contributed by atoms with Crippen molar-refractivity contribution in [3.05, 3.63) is 29.8 Å². The van der Waals surface area contributed by atoms with E-state index in [-0.39, 0.29) is 6.61 Å². The molecule has 0 spiro atoms. The molecule has 1 saturated heterocycles. The van der Waals surface area contributed by atoms with Crippen molar-refractivity contribution in [1.29, 1.82) is 0 Å². The van der Waals surface area contributed by atoms with Crippen LogP contribution in [0.25, 0.3) is 0 Å². The van der Waals surface area contributed by atoms with Gasteiger partial charge in [0.2, 0.25) is 0 Å². The molecule has 0 aliphatic carbocycles. The minimum atomic E-state index is 0.114. The van der Waals surface area contributed by atoms with Crippen LogP contribution in [0.15, 0.2) is 34.3 Å². The van der Waals surface area contributed by atoms with E-state index in [0.717, 1.165) is 36.5 Å². The van der Waals surface area contributed by atoms with Gasteiger partial charge in [-0.1, -0.05) is 12.1 Å². The first-order valence-electron chi connectivity index (χ1n) is 7.74. The molecule has 1 aromatic rings. The van der Waals surface area contributed by atoms with Crippen molar-refractivity contribution >= 4 is 17.8 Å². The highest BCUT2D eigenvalue weighted by molar-refractivity contribution is 7.97. The average molecular weight is 339 g/mol. The number of ether oxygens (including phenoxy) is 1. The molecule has 1 aromatic carbocycles. The van der Waals surface area contributed by atoms with E-state index in [4.69, 9.17) is 21.4 Å². The number of aliphatic hydroxyl groups is 1. The summed E-state index contributed by atoms with van der Waals surface area (Å²) < 4.78 is 8.48. The molecule has 0 aromatic heterocycles. The van der Waals surface area contributed by atoms with E-state index in [2.05, 4.69) is 9.82 Å². The summed E-state index contributed by atoms with van der Waals surface area (Å²) in [5.41, 5.74) is 6.84. The maximum atomic E-state index is 8.73. The van der Waals surface area contributed by atoms with Crippen molar-refractivity contribution in [1.82, 2.24) is 9.84 Å². The van der Waals surface area contributed by atoms with Crippen LogP contribution in [0.2, 0.25) is 0 Å². The average Bonchev–Trinajstić information content (AvgIpc) is 2.56. The van der Waals surface area contributed by atoms with Crippen molar-refractivity contribution in [3.63, 3.8) is 0 Å². The molecule has 1 atom stereocenters. The molecule has 1 aliphatic rings. The molecule has 1 heterocycles. The van der Waals surface area contributed by atoms with Crippen molar-refractivity contribution in [2.75, 3.05) is 32.9 Å². The van der Waals surface area contributed by atoms with Crippen molar-refractivity contribution in [3.8, 4) is 0 Å². The number of hydrogen-bond acceptors (Lipinski definition) is 7. The molecule has 1 aliphatic heterocycles. The summed E-state index contributed by atoms with van der Waals surface area (Å²) in [7, 11) is 0. The lowest BCUT2D eigenvalue weighted by atomic mass is 10.0. The first kappa shape index (κ1) is 18.0. The Balaban J connectivity index is 1.86. The van der Waals surface area contributed by atoms with E-state index in [1.54, 1.807) is 0 Å². The molecule has 1 unspecified atom stereocenters. The Morgan fingerprint density at radius 1 is 1.43 bits per heavy atom. The maximum absolute atomic E-state index is 8.73. The maximum Gasteiger partial charge on any atom is 0.152 e. The van der Waals surface area contributed by atoms with Crippen LogP contribution in [0.3, 0.4) is 0 Å². The van der Waals surface area contributed by atoms with Crippen molar-refractivity contribution in [2.24, 2.45) is 22.6 Å². The van der Waals surface area contributed by atoms with Gasteiger partial charge >= 0.3 is 0 Å². The Morgan fingerprint density at radius 3 is 2.87 bits per heavy atom. The van der Waals surface area contributed by atoms with Gasteiger partial charge in [0.05, 0.1) is 19.8 Å². The summed E-state index contributed by atoms with van der Waals surface area (Å²) in [6.07, 6.45) is 2.18. The molecule has 0 radical (unpaired) electrons. The van der Waals surface area contributed by atoms with E-state index in [1.165, 1.54) is 17.1 Å². The Hall–Kier alpha value is -1.32. The van der Waals surface area contributed by atoms with Crippen LogP contribution in [0.1, 0.15) is 18.4 Å². The Bertz CT molecular complexity index is 491. The summed E-state index contributed by atoms with van der Waals surface area (Å²) >= 11 is 1.46. The summed E-state index contributed by atoms with van der Waals surface area (Å²) in [6.45, 7) is 2.87. The molecule has 0 saturated carbocycles. The largest absolute Gasteiger partial charge is 0.395 e. The molecule has 8 heteroatoms. The van der Waals surface area contributed by atoms with Crippen LogP contribution in [0, 0.1) is 5.92 Å². The zero-order valence-electron chi connectivity index (χ0n) is 13.1. The Labute approximate surface area is 141 Å². The fourth-order valence-electron chi connectivity index (χ4n) is 2.33. The smallest absolute Gasteiger partial charge is 0.152 e. The standard InChI is InChI=1S/C15H25N5O2S/c16-15(19-20(17)10-12-2-1-9-22-11-12)13-3-5-14(6-4-13)23-18-7-8-21/h3-6,12,18,21H,1-2,7-11,17H2,(H2,16,19). The number of hydrogen-bond donors (Lipinski definition) is 4. The van der Waals surface area contributed by atoms with Gasteiger partial charge in [0.15, 0.2) is 5.84 Å².